The lowest BCUT2D eigenvalue weighted by molar-refractivity contribution is -0.341. The number of carboxylic acid groups (broad SMARTS) is 1. The maximum absolute atomic E-state index is 11.4. The molecule has 27 heavy (non-hydrogen) atoms. The van der Waals surface area contributed by atoms with E-state index in [1.807, 2.05) is 0 Å². The zero-order chi connectivity index (χ0) is 20.5. The van der Waals surface area contributed by atoms with Crippen LogP contribution in [0.4, 0.5) is 0 Å². The molecule has 0 unspecified atom stereocenters. The quantitative estimate of drug-likeness (QED) is 0.272. The van der Waals surface area contributed by atoms with Crippen molar-refractivity contribution in [3.05, 3.63) is 0 Å². The predicted molar refractivity (Wildman–Crippen MR) is 84.1 cm³/mol. The fourth-order valence-corrected chi connectivity index (χ4v) is 3.17. The first-order valence-corrected chi connectivity index (χ1v) is 8.29. The van der Waals surface area contributed by atoms with Crippen LogP contribution in [0.25, 0.3) is 0 Å². The van der Waals surface area contributed by atoms with Crippen molar-refractivity contribution in [1.29, 1.82) is 0 Å². The smallest absolute Gasteiger partial charge is 0.335 e. The van der Waals surface area contributed by atoms with Crippen molar-refractivity contribution < 1.29 is 54.1 Å². The average Bonchev–Trinajstić information content (AvgIpc) is 2.58. The number of methoxy groups -OCH3 is 1. The number of aliphatic hydroxyl groups is 4. The Morgan fingerprint density at radius 1 is 1.00 bits per heavy atom. The lowest BCUT2D eigenvalue weighted by atomic mass is 9.95. The van der Waals surface area contributed by atoms with Crippen LogP contribution in [-0.4, -0.2) is 106 Å². The second-order valence-electron chi connectivity index (χ2n) is 6.49. The number of hydrogen-bond donors (Lipinski definition) is 6. The number of aliphatic carboxylic acids is 1. The predicted octanol–water partition coefficient (Wildman–Crippen LogP) is -3.48. The maximum atomic E-state index is 11.4. The van der Waals surface area contributed by atoms with Crippen LogP contribution >= 0.6 is 0 Å². The highest BCUT2D eigenvalue weighted by molar-refractivity contribution is 5.73. The van der Waals surface area contributed by atoms with E-state index in [2.05, 4.69) is 5.32 Å². The first kappa shape index (κ1) is 21.9. The summed E-state index contributed by atoms with van der Waals surface area (Å²) in [4.78, 5) is 22.7. The molecule has 0 bridgehead atoms. The third-order valence-electron chi connectivity index (χ3n) is 4.57. The summed E-state index contributed by atoms with van der Waals surface area (Å²) in [7, 11) is 1.25. The lowest BCUT2D eigenvalue weighted by Gasteiger charge is -2.46. The highest BCUT2D eigenvalue weighted by atomic mass is 16.7. The topological polar surface area (TPSA) is 184 Å². The molecule has 2 fully saturated rings. The van der Waals surface area contributed by atoms with Gasteiger partial charge in [0.05, 0.1) is 12.1 Å². The number of ether oxygens (including phenoxy) is 4. The van der Waals surface area contributed by atoms with Gasteiger partial charge in [0.2, 0.25) is 5.91 Å². The van der Waals surface area contributed by atoms with Crippen LogP contribution in [0.3, 0.4) is 0 Å². The summed E-state index contributed by atoms with van der Waals surface area (Å²) in [5.41, 5.74) is 0. The molecule has 2 heterocycles. The molecule has 6 N–H and O–H groups in total. The van der Waals surface area contributed by atoms with E-state index in [9.17, 15) is 35.1 Å². The Morgan fingerprint density at radius 2 is 1.63 bits per heavy atom. The van der Waals surface area contributed by atoms with Gasteiger partial charge in [-0.2, -0.15) is 0 Å². The SMILES string of the molecule is CO[C@@H]1[C@H](O[C@H]2[C@H](O)[C@@H](O)[C@H](O)O[C@@H]2C(=O)O)O[C@@H](C)[C@@H](NC(C)=O)[C@H]1O. The van der Waals surface area contributed by atoms with Crippen LogP contribution in [0, 0.1) is 0 Å². The summed E-state index contributed by atoms with van der Waals surface area (Å²) in [6.07, 6.45) is -13.5. The van der Waals surface area contributed by atoms with Crippen molar-refractivity contribution in [2.45, 2.75) is 75.2 Å². The van der Waals surface area contributed by atoms with Crippen molar-refractivity contribution in [2.75, 3.05) is 7.11 Å². The van der Waals surface area contributed by atoms with Crippen molar-refractivity contribution >= 4 is 11.9 Å². The minimum Gasteiger partial charge on any atom is -0.479 e. The molecule has 0 saturated carbocycles. The number of hydrogen-bond acceptors (Lipinski definition) is 10. The second kappa shape index (κ2) is 8.75. The van der Waals surface area contributed by atoms with E-state index in [0.29, 0.717) is 0 Å². The highest BCUT2D eigenvalue weighted by Crippen LogP contribution is 2.29. The third-order valence-corrected chi connectivity index (χ3v) is 4.57. The van der Waals surface area contributed by atoms with Crippen LogP contribution in [0.15, 0.2) is 0 Å². The number of carbonyl (C=O) groups is 2. The second-order valence-corrected chi connectivity index (χ2v) is 6.49. The normalized spacial score (nSPS) is 45.3. The number of aliphatic hydroxyl groups excluding tert-OH is 4. The van der Waals surface area contributed by atoms with Gasteiger partial charge in [0, 0.05) is 14.0 Å². The van der Waals surface area contributed by atoms with Gasteiger partial charge in [0.1, 0.15) is 30.5 Å². The molecule has 2 rings (SSSR count). The summed E-state index contributed by atoms with van der Waals surface area (Å²) >= 11 is 0. The lowest BCUT2D eigenvalue weighted by Crippen LogP contribution is -2.66. The summed E-state index contributed by atoms with van der Waals surface area (Å²) in [5.74, 6) is -1.94. The number of carboxylic acids is 1. The van der Waals surface area contributed by atoms with Gasteiger partial charge in [0.15, 0.2) is 18.7 Å². The highest BCUT2D eigenvalue weighted by Gasteiger charge is 2.52. The monoisotopic (exact) mass is 395 g/mol. The van der Waals surface area contributed by atoms with Gasteiger partial charge in [-0.15, -0.1) is 0 Å². The van der Waals surface area contributed by atoms with E-state index < -0.39 is 73.2 Å². The zero-order valence-electron chi connectivity index (χ0n) is 15.0. The van der Waals surface area contributed by atoms with E-state index >= 15 is 0 Å². The van der Waals surface area contributed by atoms with Crippen molar-refractivity contribution in [3.8, 4) is 0 Å². The van der Waals surface area contributed by atoms with E-state index in [1.54, 1.807) is 6.92 Å². The molecule has 12 nitrogen and oxygen atoms in total. The zero-order valence-corrected chi connectivity index (χ0v) is 15.0. The van der Waals surface area contributed by atoms with Crippen LogP contribution < -0.4 is 5.32 Å². The fourth-order valence-electron chi connectivity index (χ4n) is 3.17. The average molecular weight is 395 g/mol. The molecular formula is C15H25NO11. The van der Waals surface area contributed by atoms with Crippen LogP contribution in [0.5, 0.6) is 0 Å². The summed E-state index contributed by atoms with van der Waals surface area (Å²) < 4.78 is 21.0. The molecule has 0 aromatic heterocycles. The first-order chi connectivity index (χ1) is 12.6. The molecular weight excluding hydrogens is 370 g/mol. The molecule has 2 aliphatic rings. The van der Waals surface area contributed by atoms with Gasteiger partial charge < -0.3 is 49.8 Å². The Kier molecular flexibility index (Phi) is 7.10. The van der Waals surface area contributed by atoms with E-state index in [4.69, 9.17) is 18.9 Å². The summed E-state index contributed by atoms with van der Waals surface area (Å²) in [6, 6.07) is -0.817. The van der Waals surface area contributed by atoms with Crippen molar-refractivity contribution in [2.24, 2.45) is 0 Å². The van der Waals surface area contributed by atoms with Crippen molar-refractivity contribution in [3.63, 3.8) is 0 Å². The van der Waals surface area contributed by atoms with Gasteiger partial charge >= 0.3 is 5.97 Å². The van der Waals surface area contributed by atoms with Gasteiger partial charge in [-0.25, -0.2) is 4.79 Å². The number of carbonyl (C=O) groups excluding carboxylic acids is 1. The molecule has 0 spiro atoms. The molecule has 156 valence electrons. The molecule has 0 aliphatic carbocycles. The minimum atomic E-state index is -1.92. The van der Waals surface area contributed by atoms with Gasteiger partial charge in [0.25, 0.3) is 0 Å². The van der Waals surface area contributed by atoms with Crippen LogP contribution in [-0.2, 0) is 28.5 Å². The third kappa shape index (κ3) is 4.55. The molecule has 2 aliphatic heterocycles. The number of rotatable bonds is 5. The molecule has 10 atom stereocenters. The molecule has 0 aromatic rings. The summed E-state index contributed by atoms with van der Waals surface area (Å²) in [5, 5.41) is 51.6. The molecule has 2 saturated heterocycles. The summed E-state index contributed by atoms with van der Waals surface area (Å²) in [6.45, 7) is 2.82. The Balaban J connectivity index is 2.20. The van der Waals surface area contributed by atoms with E-state index in [1.165, 1.54) is 14.0 Å². The Morgan fingerprint density at radius 3 is 2.15 bits per heavy atom. The van der Waals surface area contributed by atoms with Gasteiger partial charge in [-0.05, 0) is 6.92 Å². The molecule has 0 radical (unpaired) electrons. The molecule has 12 heteroatoms. The molecule has 1 amide bonds. The Bertz CT molecular complexity index is 546. The number of amides is 1. The van der Waals surface area contributed by atoms with E-state index in [0.717, 1.165) is 0 Å². The standard InChI is InChI=1S/C15H25NO11/c1-4-6(16-5(2)17)7(18)11(24-3)15(25-4)27-10-8(19)9(20)14(23)26-12(10)13(21)22/h4,6-12,14-15,18-20,23H,1-3H3,(H,16,17)(H,21,22)/t4-,6+,7+,8+,9+,10-,11-,12-,14+,15-/m0/s1. The Hall–Kier alpha value is -1.38. The van der Waals surface area contributed by atoms with Gasteiger partial charge in [-0.3, -0.25) is 4.79 Å². The fraction of sp³-hybridized carbons (Fsp3) is 0.867. The first-order valence-electron chi connectivity index (χ1n) is 8.29. The largest absolute Gasteiger partial charge is 0.479 e. The Labute approximate surface area is 154 Å². The van der Waals surface area contributed by atoms with Crippen LogP contribution in [0.1, 0.15) is 13.8 Å². The van der Waals surface area contributed by atoms with Crippen molar-refractivity contribution in [1.82, 2.24) is 5.32 Å². The minimum absolute atomic E-state index is 0.400. The number of nitrogens with one attached hydrogen (secondary N) is 1. The maximum Gasteiger partial charge on any atom is 0.335 e. The van der Waals surface area contributed by atoms with E-state index in [-0.39, 0.29) is 0 Å². The van der Waals surface area contributed by atoms with Crippen LogP contribution in [0.2, 0.25) is 0 Å². The molecule has 0 aromatic carbocycles. The van der Waals surface area contributed by atoms with Gasteiger partial charge in [-0.1, -0.05) is 0 Å².